The lowest BCUT2D eigenvalue weighted by Gasteiger charge is -2.19. The topological polar surface area (TPSA) is 148 Å². The Hall–Kier alpha value is -7.53. The van der Waals surface area contributed by atoms with Crippen LogP contribution in [0.15, 0.2) is 164 Å². The Balaban J connectivity index is 1.05. The van der Waals surface area contributed by atoms with Crippen molar-refractivity contribution in [2.75, 3.05) is 0 Å². The summed E-state index contributed by atoms with van der Waals surface area (Å²) in [5, 5.41) is 13.3. The van der Waals surface area contributed by atoms with E-state index in [-0.39, 0.29) is 51.0 Å². The molecule has 11 nitrogen and oxygen atoms in total. The molecule has 6 aromatic carbocycles. The number of fused-ring (bicyclic) bond motifs is 2. The van der Waals surface area contributed by atoms with Crippen LogP contribution in [0.5, 0.6) is 0 Å². The number of benzene rings is 6. The van der Waals surface area contributed by atoms with E-state index in [1.54, 1.807) is 0 Å². The third-order valence-electron chi connectivity index (χ3n) is 9.95. The Kier molecular flexibility index (Phi) is 13.7. The zero-order chi connectivity index (χ0) is 41.5. The first-order chi connectivity index (χ1) is 29.4. The number of hydrogen-bond acceptors (Lipinski definition) is 7. The number of amides is 4. The second kappa shape index (κ2) is 20.2. The van der Waals surface area contributed by atoms with Gasteiger partial charge in [0.2, 0.25) is 11.8 Å². The monoisotopic (exact) mass is 799 g/mol. The molecule has 0 unspecified atom stereocenters. The number of nitrogens with zero attached hydrogens (tertiary/aromatic N) is 1. The van der Waals surface area contributed by atoms with Gasteiger partial charge in [-0.1, -0.05) is 158 Å². The van der Waals surface area contributed by atoms with Crippen molar-refractivity contribution in [1.82, 2.24) is 26.3 Å². The highest BCUT2D eigenvalue weighted by Crippen LogP contribution is 2.25. The highest BCUT2D eigenvalue weighted by atomic mass is 16.6. The third kappa shape index (κ3) is 11.3. The molecular weight excluding hydrogens is 755 g/mol. The Morgan fingerprint density at radius 3 is 1.20 bits per heavy atom. The van der Waals surface area contributed by atoms with Crippen LogP contribution in [0.2, 0.25) is 0 Å². The summed E-state index contributed by atoms with van der Waals surface area (Å²) < 4.78 is 10.9. The van der Waals surface area contributed by atoms with Gasteiger partial charge >= 0.3 is 12.2 Å². The molecule has 0 aliphatic rings. The van der Waals surface area contributed by atoms with Gasteiger partial charge in [-0.05, 0) is 39.4 Å². The van der Waals surface area contributed by atoms with Gasteiger partial charge in [0, 0.05) is 36.7 Å². The fourth-order valence-electron chi connectivity index (χ4n) is 6.84. The molecule has 0 spiro atoms. The lowest BCUT2D eigenvalue weighted by Crippen LogP contribution is -2.48. The quantitative estimate of drug-likeness (QED) is 0.0733. The van der Waals surface area contributed by atoms with Crippen LogP contribution in [0.25, 0.3) is 21.8 Å². The van der Waals surface area contributed by atoms with Gasteiger partial charge in [-0.15, -0.1) is 0 Å². The van der Waals surface area contributed by atoms with E-state index in [9.17, 15) is 19.2 Å². The number of hydrogen-bond donors (Lipinski definition) is 4. The maximum Gasteiger partial charge on any atom is 0.408 e. The van der Waals surface area contributed by atoms with Gasteiger partial charge in [0.1, 0.15) is 25.3 Å². The van der Waals surface area contributed by atoms with Crippen LogP contribution in [0.4, 0.5) is 9.59 Å². The van der Waals surface area contributed by atoms with E-state index in [1.807, 2.05) is 164 Å². The van der Waals surface area contributed by atoms with Crippen LogP contribution in [-0.4, -0.2) is 41.1 Å². The molecular formula is C49H45N5O6. The van der Waals surface area contributed by atoms with Crippen LogP contribution < -0.4 is 21.3 Å². The van der Waals surface area contributed by atoms with E-state index in [0.717, 1.165) is 44.2 Å². The van der Waals surface area contributed by atoms with Crippen molar-refractivity contribution >= 4 is 45.8 Å². The first-order valence-electron chi connectivity index (χ1n) is 19.8. The molecule has 60 heavy (non-hydrogen) atoms. The number of ether oxygens (including phenoxy) is 2. The van der Waals surface area contributed by atoms with Gasteiger partial charge in [-0.2, -0.15) is 0 Å². The summed E-state index contributed by atoms with van der Waals surface area (Å²) in [7, 11) is 0. The number of alkyl carbamates (subject to hydrolysis) is 2. The molecule has 7 rings (SSSR count). The van der Waals surface area contributed by atoms with E-state index < -0.39 is 24.3 Å². The Bertz CT molecular complexity index is 2370. The number of aromatic nitrogens is 1. The average Bonchev–Trinajstić information content (AvgIpc) is 3.29. The van der Waals surface area contributed by atoms with E-state index in [1.165, 1.54) is 0 Å². The molecule has 0 fully saturated rings. The highest BCUT2D eigenvalue weighted by molar-refractivity contribution is 5.96. The average molecular weight is 800 g/mol. The van der Waals surface area contributed by atoms with E-state index >= 15 is 0 Å². The van der Waals surface area contributed by atoms with Crippen LogP contribution in [0.1, 0.15) is 33.4 Å². The van der Waals surface area contributed by atoms with Crippen LogP contribution in [-0.2, 0) is 58.2 Å². The summed E-state index contributed by atoms with van der Waals surface area (Å²) in [4.78, 5) is 58.4. The molecule has 1 heterocycles. The third-order valence-corrected chi connectivity index (χ3v) is 9.95. The van der Waals surface area contributed by atoms with Crippen molar-refractivity contribution in [3.8, 4) is 0 Å². The van der Waals surface area contributed by atoms with Crippen molar-refractivity contribution in [3.63, 3.8) is 0 Å². The summed E-state index contributed by atoms with van der Waals surface area (Å²) >= 11 is 0. The maximum absolute atomic E-state index is 13.7. The minimum absolute atomic E-state index is 0.0721. The number of rotatable bonds is 16. The number of para-hydroxylation sites is 2. The van der Waals surface area contributed by atoms with E-state index in [0.29, 0.717) is 11.0 Å². The summed E-state index contributed by atoms with van der Waals surface area (Å²) in [6.07, 6.45) is -0.870. The minimum Gasteiger partial charge on any atom is -0.445 e. The molecule has 0 radical (unpaired) electrons. The molecule has 0 aliphatic carbocycles. The van der Waals surface area contributed by atoms with Gasteiger partial charge < -0.3 is 30.7 Å². The summed E-state index contributed by atoms with van der Waals surface area (Å²) in [5.41, 5.74) is 6.33. The van der Waals surface area contributed by atoms with Gasteiger partial charge in [-0.3, -0.25) is 9.59 Å². The highest BCUT2D eigenvalue weighted by Gasteiger charge is 2.24. The van der Waals surface area contributed by atoms with Gasteiger partial charge in [0.15, 0.2) is 0 Å². The fraction of sp³-hybridized carbons (Fsp3) is 0.163. The molecule has 7 aromatic rings. The van der Waals surface area contributed by atoms with Crippen molar-refractivity contribution in [2.45, 2.75) is 51.2 Å². The summed E-state index contributed by atoms with van der Waals surface area (Å²) in [6, 6.07) is 49.3. The second-order valence-electron chi connectivity index (χ2n) is 14.3. The van der Waals surface area contributed by atoms with Gasteiger partial charge in [0.25, 0.3) is 0 Å². The molecule has 1 aromatic heterocycles. The van der Waals surface area contributed by atoms with Gasteiger partial charge in [-0.25, -0.2) is 14.6 Å². The van der Waals surface area contributed by atoms with Crippen LogP contribution in [0, 0.1) is 0 Å². The second-order valence-corrected chi connectivity index (χ2v) is 14.3. The smallest absolute Gasteiger partial charge is 0.408 e. The van der Waals surface area contributed by atoms with Crippen molar-refractivity contribution in [1.29, 1.82) is 0 Å². The number of carbonyl (C=O) groups is 4. The molecule has 4 N–H and O–H groups in total. The first-order valence-corrected chi connectivity index (χ1v) is 19.8. The number of nitrogens with one attached hydrogen (secondary N) is 4. The van der Waals surface area contributed by atoms with Crippen molar-refractivity contribution in [3.05, 3.63) is 197 Å². The molecule has 0 saturated carbocycles. The van der Waals surface area contributed by atoms with E-state index in [2.05, 4.69) is 21.3 Å². The maximum atomic E-state index is 13.7. The molecule has 4 amide bonds. The Morgan fingerprint density at radius 2 is 0.817 bits per heavy atom. The largest absolute Gasteiger partial charge is 0.445 e. The lowest BCUT2D eigenvalue weighted by molar-refractivity contribution is -0.123. The molecule has 0 saturated heterocycles. The first kappa shape index (κ1) is 40.7. The lowest BCUT2D eigenvalue weighted by atomic mass is 10.0. The van der Waals surface area contributed by atoms with Crippen LogP contribution in [0.3, 0.4) is 0 Å². The molecule has 11 heteroatoms. The Morgan fingerprint density at radius 1 is 0.450 bits per heavy atom. The molecule has 302 valence electrons. The molecule has 2 atom stereocenters. The summed E-state index contributed by atoms with van der Waals surface area (Å²) in [6.45, 7) is 0.435. The number of pyridine rings is 1. The number of carbonyl (C=O) groups excluding carboxylic acids is 4. The normalized spacial score (nSPS) is 11.9. The van der Waals surface area contributed by atoms with Crippen molar-refractivity contribution < 1.29 is 28.7 Å². The molecule has 0 aliphatic heterocycles. The molecule has 0 bridgehead atoms. The minimum atomic E-state index is -0.902. The van der Waals surface area contributed by atoms with Gasteiger partial charge in [0.05, 0.1) is 11.0 Å². The van der Waals surface area contributed by atoms with Crippen LogP contribution >= 0.6 is 0 Å². The summed E-state index contributed by atoms with van der Waals surface area (Å²) in [5.74, 6) is -0.751. The van der Waals surface area contributed by atoms with E-state index in [4.69, 9.17) is 14.5 Å². The SMILES string of the molecule is O=C(N[C@@H](Cc1ccccc1)C(=O)NCc1cccc2cc3cccc(CNC(=O)[C@H](Cc4ccccc4)NC(=O)OCc4ccccc4)c3nc12)OCc1ccccc1. The Labute approximate surface area is 348 Å². The zero-order valence-electron chi connectivity index (χ0n) is 32.9. The predicted octanol–water partition coefficient (Wildman–Crippen LogP) is 7.70. The zero-order valence-corrected chi connectivity index (χ0v) is 32.9. The fourth-order valence-corrected chi connectivity index (χ4v) is 6.84. The standard InChI is InChI=1S/C49H45N5O6/c55-46(42(27-34-15-5-1-6-16-34)52-48(57)59-32-36-19-9-3-10-20-36)50-30-40-25-13-23-38-29-39-24-14-26-41(45(39)54-44(38)40)31-51-47(56)43(28-35-17-7-2-8-18-35)53-49(58)60-33-37-21-11-4-12-22-37/h1-26,29,42-43H,27-28,30-33H2,(H,50,55)(H,51,56)(H,52,57)(H,53,58)/t42-,43-/m0/s1. The van der Waals surface area contributed by atoms with Crippen molar-refractivity contribution in [2.24, 2.45) is 0 Å². The predicted molar refractivity (Wildman–Crippen MR) is 230 cm³/mol.